The van der Waals surface area contributed by atoms with Crippen LogP contribution in [-0.2, 0) is 4.79 Å². The first-order valence-electron chi connectivity index (χ1n) is 9.44. The summed E-state index contributed by atoms with van der Waals surface area (Å²) < 4.78 is 10.5. The minimum atomic E-state index is -0.0312. The number of nitrogens with zero attached hydrogens (tertiary/aromatic N) is 1. The Morgan fingerprint density at radius 1 is 0.964 bits per heavy atom. The molecule has 1 amide bonds. The van der Waals surface area contributed by atoms with Crippen molar-refractivity contribution in [1.82, 2.24) is 0 Å². The molecule has 2 aromatic carbocycles. The van der Waals surface area contributed by atoms with Crippen LogP contribution in [0.1, 0.15) is 19.8 Å². The van der Waals surface area contributed by atoms with Gasteiger partial charge in [-0.15, -0.1) is 0 Å². The average molecular weight is 376 g/mol. The zero-order valence-corrected chi connectivity index (χ0v) is 16.4. The van der Waals surface area contributed by atoms with Gasteiger partial charge in [0.15, 0.2) is 0 Å². The van der Waals surface area contributed by atoms with Gasteiger partial charge in [0.05, 0.1) is 19.9 Å². The van der Waals surface area contributed by atoms with Crippen molar-refractivity contribution in [3.63, 3.8) is 0 Å². The van der Waals surface area contributed by atoms with Crippen molar-refractivity contribution in [2.24, 2.45) is 5.92 Å². The first kappa shape index (κ1) is 18.2. The van der Waals surface area contributed by atoms with E-state index in [4.69, 9.17) is 9.47 Å². The Balaban J connectivity index is 1.69. The Morgan fingerprint density at radius 3 is 2.18 bits per heavy atom. The minimum absolute atomic E-state index is 0.0312. The summed E-state index contributed by atoms with van der Waals surface area (Å²) >= 11 is 0. The van der Waals surface area contributed by atoms with Crippen LogP contribution in [0.15, 0.2) is 71.6 Å². The predicted octanol–water partition coefficient (Wildman–Crippen LogP) is 4.73. The topological polar surface area (TPSA) is 50.8 Å². The molecule has 1 heterocycles. The average Bonchev–Trinajstić information content (AvgIpc) is 2.99. The molecule has 1 N–H and O–H groups in total. The van der Waals surface area contributed by atoms with Crippen LogP contribution < -0.4 is 19.7 Å². The third-order valence-electron chi connectivity index (χ3n) is 5.22. The van der Waals surface area contributed by atoms with Gasteiger partial charge < -0.3 is 14.8 Å². The number of benzene rings is 2. The lowest BCUT2D eigenvalue weighted by Crippen LogP contribution is -2.27. The van der Waals surface area contributed by atoms with Crippen LogP contribution >= 0.6 is 0 Å². The van der Waals surface area contributed by atoms with Gasteiger partial charge in [-0.05, 0) is 67.3 Å². The summed E-state index contributed by atoms with van der Waals surface area (Å²) in [5.41, 5.74) is 4.43. The molecule has 5 nitrogen and oxygen atoms in total. The number of amides is 1. The molecule has 28 heavy (non-hydrogen) atoms. The monoisotopic (exact) mass is 376 g/mol. The fraction of sp³-hybridized carbons (Fsp3) is 0.261. The second-order valence-electron chi connectivity index (χ2n) is 7.18. The number of hydrogen-bond acceptors (Lipinski definition) is 4. The molecular weight excluding hydrogens is 352 g/mol. The smallest absolute Gasteiger partial charge is 0.279 e. The molecule has 2 aromatic rings. The van der Waals surface area contributed by atoms with Crippen molar-refractivity contribution >= 4 is 17.3 Å². The number of methoxy groups -OCH3 is 2. The summed E-state index contributed by atoms with van der Waals surface area (Å²) in [6.45, 7) is 2.21. The Bertz CT molecular complexity index is 943. The van der Waals surface area contributed by atoms with Crippen molar-refractivity contribution < 1.29 is 14.3 Å². The van der Waals surface area contributed by atoms with Crippen LogP contribution in [0.5, 0.6) is 11.5 Å². The number of nitrogens with one attached hydrogen (secondary N) is 1. The molecule has 1 atom stereocenters. The Morgan fingerprint density at radius 2 is 1.57 bits per heavy atom. The van der Waals surface area contributed by atoms with Gasteiger partial charge in [0, 0.05) is 16.9 Å². The predicted molar refractivity (Wildman–Crippen MR) is 111 cm³/mol. The molecule has 0 bridgehead atoms. The summed E-state index contributed by atoms with van der Waals surface area (Å²) in [5, 5.41) is 3.35. The highest BCUT2D eigenvalue weighted by Crippen LogP contribution is 2.41. The summed E-state index contributed by atoms with van der Waals surface area (Å²) in [4.78, 5) is 15.2. The molecule has 0 fully saturated rings. The molecule has 2 aliphatic rings. The lowest BCUT2D eigenvalue weighted by atomic mass is 9.90. The molecule has 0 aromatic heterocycles. The maximum atomic E-state index is 13.4. The van der Waals surface area contributed by atoms with Crippen LogP contribution in [0.25, 0.3) is 0 Å². The zero-order chi connectivity index (χ0) is 19.7. The van der Waals surface area contributed by atoms with Gasteiger partial charge in [-0.2, -0.15) is 0 Å². The van der Waals surface area contributed by atoms with Crippen molar-refractivity contribution in [3.8, 4) is 11.5 Å². The third kappa shape index (κ3) is 3.24. The van der Waals surface area contributed by atoms with E-state index in [-0.39, 0.29) is 5.91 Å². The van der Waals surface area contributed by atoms with E-state index in [0.717, 1.165) is 47.0 Å². The highest BCUT2D eigenvalue weighted by atomic mass is 16.5. The number of ether oxygens (including phenoxy) is 2. The molecule has 1 aliphatic heterocycles. The first-order valence-corrected chi connectivity index (χ1v) is 9.44. The van der Waals surface area contributed by atoms with Gasteiger partial charge in [0.1, 0.15) is 17.2 Å². The van der Waals surface area contributed by atoms with Gasteiger partial charge in [-0.25, -0.2) is 0 Å². The summed E-state index contributed by atoms with van der Waals surface area (Å²) in [7, 11) is 3.28. The Labute approximate surface area is 165 Å². The van der Waals surface area contributed by atoms with E-state index in [9.17, 15) is 4.79 Å². The van der Waals surface area contributed by atoms with E-state index < -0.39 is 0 Å². The number of anilines is 2. The Hall–Kier alpha value is -3.21. The fourth-order valence-electron chi connectivity index (χ4n) is 3.71. The second kappa shape index (κ2) is 7.43. The third-order valence-corrected chi connectivity index (χ3v) is 5.22. The molecule has 0 saturated carbocycles. The van der Waals surface area contributed by atoms with E-state index in [1.807, 2.05) is 48.5 Å². The summed E-state index contributed by atoms with van der Waals surface area (Å²) in [6.07, 6.45) is 4.02. The molecule has 4 rings (SSSR count). The van der Waals surface area contributed by atoms with Gasteiger partial charge in [-0.1, -0.05) is 13.0 Å². The summed E-state index contributed by atoms with van der Waals surface area (Å²) in [6, 6.07) is 15.2. The lowest BCUT2D eigenvalue weighted by Gasteiger charge is -2.24. The number of carbonyl (C=O) groups is 1. The first-order chi connectivity index (χ1) is 13.6. The van der Waals surface area contributed by atoms with E-state index in [0.29, 0.717) is 11.6 Å². The molecule has 144 valence electrons. The lowest BCUT2D eigenvalue weighted by molar-refractivity contribution is -0.114. The maximum absolute atomic E-state index is 13.4. The number of rotatable bonds is 5. The number of allylic oxidation sites excluding steroid dienone is 2. The normalized spacial score (nSPS) is 18.7. The van der Waals surface area contributed by atoms with E-state index in [1.54, 1.807) is 19.1 Å². The number of carbonyl (C=O) groups excluding carboxylic acids is 1. The standard InChI is InChI=1S/C23H24N2O3/c1-15-4-13-21-20(14-15)22(24-16-5-9-18(27-2)10-6-16)23(26)25(21)17-7-11-19(28-3)12-8-17/h5-13,15,24H,4,14H2,1-3H3/t15-/m0/s1. The zero-order valence-electron chi connectivity index (χ0n) is 16.4. The van der Waals surface area contributed by atoms with Gasteiger partial charge >= 0.3 is 0 Å². The molecule has 0 spiro atoms. The van der Waals surface area contributed by atoms with E-state index >= 15 is 0 Å². The van der Waals surface area contributed by atoms with Crippen molar-refractivity contribution in [3.05, 3.63) is 71.6 Å². The number of fused-ring (bicyclic) bond motifs is 1. The molecule has 0 saturated heterocycles. The van der Waals surface area contributed by atoms with Gasteiger partial charge in [0.2, 0.25) is 0 Å². The van der Waals surface area contributed by atoms with Crippen molar-refractivity contribution in [2.75, 3.05) is 24.4 Å². The second-order valence-corrected chi connectivity index (χ2v) is 7.18. The van der Waals surface area contributed by atoms with E-state index in [1.165, 1.54) is 0 Å². The van der Waals surface area contributed by atoms with E-state index in [2.05, 4.69) is 18.3 Å². The highest BCUT2D eigenvalue weighted by molar-refractivity contribution is 6.15. The summed E-state index contributed by atoms with van der Waals surface area (Å²) in [5.74, 6) is 2.03. The van der Waals surface area contributed by atoms with Gasteiger partial charge in [0.25, 0.3) is 5.91 Å². The fourth-order valence-corrected chi connectivity index (χ4v) is 3.71. The Kier molecular flexibility index (Phi) is 4.82. The van der Waals surface area contributed by atoms with Crippen LogP contribution in [0.4, 0.5) is 11.4 Å². The van der Waals surface area contributed by atoms with Crippen LogP contribution in [0.2, 0.25) is 0 Å². The van der Waals surface area contributed by atoms with Crippen LogP contribution in [0, 0.1) is 5.92 Å². The molecular formula is C23H24N2O3. The number of hydrogen-bond donors (Lipinski definition) is 1. The molecule has 0 radical (unpaired) electrons. The van der Waals surface area contributed by atoms with Crippen molar-refractivity contribution in [1.29, 1.82) is 0 Å². The largest absolute Gasteiger partial charge is 0.497 e. The van der Waals surface area contributed by atoms with Crippen molar-refractivity contribution in [2.45, 2.75) is 19.8 Å². The molecule has 1 aliphatic carbocycles. The van der Waals surface area contributed by atoms with Crippen LogP contribution in [-0.4, -0.2) is 20.1 Å². The SMILES string of the molecule is COc1ccc(NC2=C3C[C@@H](C)CC=C3N(c3ccc(OC)cc3)C2=O)cc1. The quantitative estimate of drug-likeness (QED) is 0.820. The maximum Gasteiger partial charge on any atom is 0.279 e. The molecule has 0 unspecified atom stereocenters. The minimum Gasteiger partial charge on any atom is -0.497 e. The van der Waals surface area contributed by atoms with Crippen LogP contribution in [0.3, 0.4) is 0 Å². The molecule has 5 heteroatoms. The highest BCUT2D eigenvalue weighted by Gasteiger charge is 2.38. The van der Waals surface area contributed by atoms with Gasteiger partial charge in [-0.3, -0.25) is 9.69 Å².